The summed E-state index contributed by atoms with van der Waals surface area (Å²) in [6, 6.07) is 65.7. The summed E-state index contributed by atoms with van der Waals surface area (Å²) in [5.74, 6) is 0.923. The van der Waals surface area contributed by atoms with Crippen LogP contribution in [0, 0.1) is 6.92 Å². The van der Waals surface area contributed by atoms with Crippen molar-refractivity contribution < 1.29 is 4.42 Å². The van der Waals surface area contributed by atoms with E-state index in [1.54, 1.807) is 0 Å². The minimum Gasteiger partial charge on any atom is -0.456 e. The summed E-state index contributed by atoms with van der Waals surface area (Å²) in [6.07, 6.45) is 0. The van der Waals surface area contributed by atoms with Gasteiger partial charge in [0, 0.05) is 33.0 Å². The van der Waals surface area contributed by atoms with Crippen molar-refractivity contribution in [2.75, 3.05) is 4.90 Å². The number of hydrogen-bond acceptors (Lipinski definition) is 2. The third-order valence-corrected chi connectivity index (χ3v) is 10.4. The molecule has 10 rings (SSSR count). The van der Waals surface area contributed by atoms with E-state index in [2.05, 4.69) is 182 Å². The number of nitrogens with zero attached hydrogens (tertiary/aromatic N) is 1. The van der Waals surface area contributed by atoms with Crippen molar-refractivity contribution in [2.45, 2.75) is 6.92 Å². The Hall–Kier alpha value is -6.64. The van der Waals surface area contributed by atoms with Crippen molar-refractivity contribution in [2.24, 2.45) is 0 Å². The van der Waals surface area contributed by atoms with E-state index in [0.717, 1.165) is 50.5 Å². The Balaban J connectivity index is 1.17. The lowest BCUT2D eigenvalue weighted by atomic mass is 9.96. The minimum absolute atomic E-state index is 0.919. The average Bonchev–Trinajstić information content (AvgIpc) is 3.54. The van der Waals surface area contributed by atoms with E-state index in [4.69, 9.17) is 4.42 Å². The normalized spacial score (nSPS) is 11.6. The van der Waals surface area contributed by atoms with Crippen molar-refractivity contribution in [3.63, 3.8) is 0 Å². The van der Waals surface area contributed by atoms with E-state index in [9.17, 15) is 0 Å². The van der Waals surface area contributed by atoms with Gasteiger partial charge in [-0.2, -0.15) is 0 Å². The lowest BCUT2D eigenvalue weighted by Crippen LogP contribution is -2.11. The van der Waals surface area contributed by atoms with E-state index in [-0.39, 0.29) is 0 Å². The summed E-state index contributed by atoms with van der Waals surface area (Å²) in [5.41, 5.74) is 8.88. The van der Waals surface area contributed by atoms with E-state index >= 15 is 0 Å². The fourth-order valence-electron chi connectivity index (χ4n) is 7.94. The zero-order valence-corrected chi connectivity index (χ0v) is 28.2. The Morgan fingerprint density at radius 1 is 0.373 bits per heavy atom. The van der Waals surface area contributed by atoms with Gasteiger partial charge in [0.15, 0.2) is 0 Å². The van der Waals surface area contributed by atoms with Gasteiger partial charge in [0.05, 0.1) is 11.4 Å². The molecule has 0 bridgehead atoms. The molecule has 0 unspecified atom stereocenters. The number of furan rings is 1. The molecular formula is C49H33NO. The number of benzene rings is 9. The maximum atomic E-state index is 6.35. The first kappa shape index (κ1) is 29.3. The molecule has 0 radical (unpaired) electrons. The molecule has 0 saturated carbocycles. The highest BCUT2D eigenvalue weighted by Crippen LogP contribution is 2.46. The van der Waals surface area contributed by atoms with E-state index in [1.807, 2.05) is 12.1 Å². The van der Waals surface area contributed by atoms with Crippen LogP contribution in [0.5, 0.6) is 0 Å². The van der Waals surface area contributed by atoms with Crippen LogP contribution in [0.3, 0.4) is 0 Å². The van der Waals surface area contributed by atoms with Gasteiger partial charge < -0.3 is 9.32 Å². The quantitative estimate of drug-likeness (QED) is 0.172. The van der Waals surface area contributed by atoms with Crippen LogP contribution in [0.1, 0.15) is 5.56 Å². The predicted octanol–water partition coefficient (Wildman–Crippen LogP) is 14.2. The molecule has 1 aromatic heterocycles. The second-order valence-electron chi connectivity index (χ2n) is 13.3. The van der Waals surface area contributed by atoms with Crippen molar-refractivity contribution in [3.05, 3.63) is 188 Å². The lowest BCUT2D eigenvalue weighted by molar-refractivity contribution is 0.629. The van der Waals surface area contributed by atoms with Crippen LogP contribution in [-0.4, -0.2) is 0 Å². The summed E-state index contributed by atoms with van der Waals surface area (Å²) < 4.78 is 6.35. The maximum absolute atomic E-state index is 6.35. The Morgan fingerprint density at radius 2 is 0.863 bits per heavy atom. The van der Waals surface area contributed by atoms with E-state index in [1.165, 1.54) is 48.7 Å². The van der Waals surface area contributed by atoms with Crippen LogP contribution in [0.4, 0.5) is 17.1 Å². The number of hydrogen-bond donors (Lipinski definition) is 0. The van der Waals surface area contributed by atoms with Crippen molar-refractivity contribution in [3.8, 4) is 22.5 Å². The van der Waals surface area contributed by atoms with E-state index in [0.29, 0.717) is 0 Å². The van der Waals surface area contributed by atoms with Gasteiger partial charge in [0.25, 0.3) is 0 Å². The molecule has 2 nitrogen and oxygen atoms in total. The van der Waals surface area contributed by atoms with Crippen LogP contribution in [0.15, 0.2) is 186 Å². The van der Waals surface area contributed by atoms with Crippen molar-refractivity contribution in [1.82, 2.24) is 0 Å². The number of para-hydroxylation sites is 1. The molecule has 51 heavy (non-hydrogen) atoms. The minimum atomic E-state index is 0.919. The van der Waals surface area contributed by atoms with Gasteiger partial charge in [-0.25, -0.2) is 0 Å². The molecule has 0 aliphatic carbocycles. The van der Waals surface area contributed by atoms with Crippen LogP contribution in [0.2, 0.25) is 0 Å². The van der Waals surface area contributed by atoms with Gasteiger partial charge in [-0.05, 0) is 86.8 Å². The Labute approximate surface area is 296 Å². The first-order valence-electron chi connectivity index (χ1n) is 17.5. The second-order valence-corrected chi connectivity index (χ2v) is 13.3. The predicted molar refractivity (Wildman–Crippen MR) is 217 cm³/mol. The summed E-state index contributed by atoms with van der Waals surface area (Å²) in [4.78, 5) is 2.46. The molecule has 0 N–H and O–H groups in total. The lowest BCUT2D eigenvalue weighted by Gasteiger charge is -2.29. The molecule has 2 heteroatoms. The number of anilines is 3. The molecule has 0 aliphatic rings. The molecule has 0 spiro atoms. The zero-order valence-electron chi connectivity index (χ0n) is 28.2. The molecule has 10 aromatic rings. The monoisotopic (exact) mass is 651 g/mol. The molecule has 240 valence electrons. The van der Waals surface area contributed by atoms with Crippen molar-refractivity contribution in [1.29, 1.82) is 0 Å². The van der Waals surface area contributed by atoms with Crippen molar-refractivity contribution >= 4 is 71.1 Å². The van der Waals surface area contributed by atoms with E-state index < -0.39 is 0 Å². The first-order chi connectivity index (χ1) is 25.2. The highest BCUT2D eigenvalue weighted by Gasteiger charge is 2.21. The summed E-state index contributed by atoms with van der Waals surface area (Å²) in [5, 5.41) is 11.0. The average molecular weight is 652 g/mol. The van der Waals surface area contributed by atoms with Gasteiger partial charge in [-0.1, -0.05) is 146 Å². The third kappa shape index (κ3) is 4.80. The number of aryl methyl sites for hydroxylation is 1. The van der Waals surface area contributed by atoms with Crippen LogP contribution < -0.4 is 4.90 Å². The first-order valence-corrected chi connectivity index (χ1v) is 17.5. The third-order valence-electron chi connectivity index (χ3n) is 10.4. The highest BCUT2D eigenvalue weighted by molar-refractivity contribution is 6.18. The van der Waals surface area contributed by atoms with Gasteiger partial charge in [-0.15, -0.1) is 0 Å². The SMILES string of the molecule is Cc1c(-c2cccc(-c3ccc(N(c4cc5ccccc5c5ccccc45)c4cc5ccccc5c5ccccc45)cc3)c2)oc2ccccc12. The van der Waals surface area contributed by atoms with Crippen LogP contribution >= 0.6 is 0 Å². The van der Waals surface area contributed by atoms with Gasteiger partial charge in [0.2, 0.25) is 0 Å². The number of rotatable bonds is 5. The molecule has 9 aromatic carbocycles. The molecule has 0 fully saturated rings. The largest absolute Gasteiger partial charge is 0.456 e. The molecule has 0 aliphatic heterocycles. The summed E-state index contributed by atoms with van der Waals surface area (Å²) >= 11 is 0. The molecule has 0 amide bonds. The Bertz CT molecular complexity index is 2810. The number of fused-ring (bicyclic) bond motifs is 7. The Morgan fingerprint density at radius 3 is 1.45 bits per heavy atom. The molecule has 1 heterocycles. The topological polar surface area (TPSA) is 16.4 Å². The highest BCUT2D eigenvalue weighted by atomic mass is 16.3. The fourth-order valence-corrected chi connectivity index (χ4v) is 7.94. The van der Waals surface area contributed by atoms with Gasteiger partial charge >= 0.3 is 0 Å². The van der Waals surface area contributed by atoms with Gasteiger partial charge in [0.1, 0.15) is 11.3 Å². The second kappa shape index (κ2) is 11.8. The van der Waals surface area contributed by atoms with Gasteiger partial charge in [-0.3, -0.25) is 0 Å². The van der Waals surface area contributed by atoms with Crippen LogP contribution in [0.25, 0.3) is 76.5 Å². The standard InChI is InChI=1S/C49H33NO/c1-32-39-17-10-11-24-48(39)51-49(32)37-16-12-15-34(29-37)33-25-27-38(28-26-33)50(46-30-35-13-2-4-18-40(35)42-20-6-8-22-44(42)46)47-31-36-14-3-5-19-41(36)43-21-7-9-23-45(43)47/h2-31H,1H3. The summed E-state index contributed by atoms with van der Waals surface area (Å²) in [7, 11) is 0. The molecule has 0 atom stereocenters. The molecule has 0 saturated heterocycles. The smallest absolute Gasteiger partial charge is 0.138 e. The maximum Gasteiger partial charge on any atom is 0.138 e. The summed E-state index contributed by atoms with van der Waals surface area (Å²) in [6.45, 7) is 2.14. The zero-order chi connectivity index (χ0) is 33.9. The Kier molecular flexibility index (Phi) is 6.75. The molecular weight excluding hydrogens is 619 g/mol. The fraction of sp³-hybridized carbons (Fsp3) is 0.0204. The van der Waals surface area contributed by atoms with Crippen LogP contribution in [-0.2, 0) is 0 Å².